The van der Waals surface area contributed by atoms with Crippen molar-refractivity contribution in [3.63, 3.8) is 0 Å². The van der Waals surface area contributed by atoms with Crippen LogP contribution < -0.4 is 10.1 Å². The highest BCUT2D eigenvalue weighted by Crippen LogP contribution is 2.20. The van der Waals surface area contributed by atoms with Crippen molar-refractivity contribution in [2.75, 3.05) is 13.1 Å². The molecule has 144 valence electrons. The lowest BCUT2D eigenvalue weighted by molar-refractivity contribution is -0.139. The molecule has 4 nitrogen and oxygen atoms in total. The van der Waals surface area contributed by atoms with E-state index in [1.54, 1.807) is 25.1 Å². The van der Waals surface area contributed by atoms with Crippen LogP contribution in [0.4, 0.5) is 0 Å². The van der Waals surface area contributed by atoms with E-state index >= 15 is 0 Å². The molecule has 0 aliphatic carbocycles. The number of nitrogens with zero attached hydrogens (tertiary/aromatic N) is 1. The van der Waals surface area contributed by atoms with E-state index in [4.69, 9.17) is 27.9 Å². The van der Waals surface area contributed by atoms with Crippen LogP contribution in [0.2, 0.25) is 10.0 Å². The molecule has 2 atom stereocenters. The van der Waals surface area contributed by atoms with Crippen molar-refractivity contribution < 1.29 is 9.53 Å². The summed E-state index contributed by atoms with van der Waals surface area (Å²) in [6, 6.07) is 15.0. The van der Waals surface area contributed by atoms with Gasteiger partial charge in [-0.3, -0.25) is 4.79 Å². The number of carbonyl (C=O) groups excluding carboxylic acids is 1. The summed E-state index contributed by atoms with van der Waals surface area (Å²) in [6.45, 7) is 3.96. The van der Waals surface area contributed by atoms with Crippen LogP contribution in [0.5, 0.6) is 5.75 Å². The van der Waals surface area contributed by atoms with E-state index in [0.717, 1.165) is 24.9 Å². The zero-order valence-corrected chi connectivity index (χ0v) is 16.8. The molecule has 0 saturated carbocycles. The van der Waals surface area contributed by atoms with Crippen molar-refractivity contribution in [2.45, 2.75) is 38.5 Å². The predicted molar refractivity (Wildman–Crippen MR) is 109 cm³/mol. The van der Waals surface area contributed by atoms with Gasteiger partial charge in [-0.25, -0.2) is 0 Å². The highest BCUT2D eigenvalue weighted by Gasteiger charge is 2.26. The van der Waals surface area contributed by atoms with Gasteiger partial charge in [0, 0.05) is 29.2 Å². The first-order valence-electron chi connectivity index (χ1n) is 9.20. The summed E-state index contributed by atoms with van der Waals surface area (Å²) in [5.74, 6) is 0.549. The lowest BCUT2D eigenvalue weighted by Crippen LogP contribution is -2.45. The van der Waals surface area contributed by atoms with E-state index in [1.165, 1.54) is 0 Å². The first-order valence-corrected chi connectivity index (χ1v) is 9.95. The van der Waals surface area contributed by atoms with Crippen LogP contribution >= 0.6 is 23.2 Å². The average molecular weight is 407 g/mol. The van der Waals surface area contributed by atoms with Gasteiger partial charge < -0.3 is 15.0 Å². The first kappa shape index (κ1) is 20.0. The maximum atomic E-state index is 13.1. The summed E-state index contributed by atoms with van der Waals surface area (Å²) in [6.07, 6.45) is 1.62. The van der Waals surface area contributed by atoms with Gasteiger partial charge in [0.2, 0.25) is 0 Å². The average Bonchev–Trinajstić information content (AvgIpc) is 3.15. The van der Waals surface area contributed by atoms with Gasteiger partial charge in [-0.1, -0.05) is 41.4 Å². The number of halogens is 2. The van der Waals surface area contributed by atoms with E-state index < -0.39 is 6.10 Å². The Balaban J connectivity index is 1.71. The normalized spacial score (nSPS) is 17.5. The van der Waals surface area contributed by atoms with Gasteiger partial charge in [0.25, 0.3) is 5.91 Å². The fourth-order valence-corrected chi connectivity index (χ4v) is 3.58. The fourth-order valence-electron chi connectivity index (χ4n) is 3.27. The first-order chi connectivity index (χ1) is 13.0. The van der Waals surface area contributed by atoms with Crippen molar-refractivity contribution >= 4 is 29.1 Å². The van der Waals surface area contributed by atoms with Gasteiger partial charge in [0.15, 0.2) is 6.10 Å². The van der Waals surface area contributed by atoms with E-state index in [1.807, 2.05) is 35.2 Å². The number of rotatable bonds is 7. The fraction of sp³-hybridized carbons (Fsp3) is 0.381. The van der Waals surface area contributed by atoms with Crippen LogP contribution in [0.25, 0.3) is 0 Å². The lowest BCUT2D eigenvalue weighted by atomic mass is 10.1. The second kappa shape index (κ2) is 9.45. The monoisotopic (exact) mass is 406 g/mol. The van der Waals surface area contributed by atoms with Gasteiger partial charge in [0.05, 0.1) is 0 Å². The summed E-state index contributed by atoms with van der Waals surface area (Å²) in [7, 11) is 0. The third-order valence-corrected chi connectivity index (χ3v) is 5.15. The van der Waals surface area contributed by atoms with E-state index in [-0.39, 0.29) is 5.91 Å². The second-order valence-electron chi connectivity index (χ2n) is 6.86. The van der Waals surface area contributed by atoms with Crippen molar-refractivity contribution in [1.29, 1.82) is 0 Å². The number of carbonyl (C=O) groups is 1. The topological polar surface area (TPSA) is 41.6 Å². The number of hydrogen-bond acceptors (Lipinski definition) is 3. The minimum absolute atomic E-state index is 0.0429. The van der Waals surface area contributed by atoms with Crippen LogP contribution in [0.1, 0.15) is 25.3 Å². The quantitative estimate of drug-likeness (QED) is 0.733. The van der Waals surface area contributed by atoms with Crippen LogP contribution in [0.15, 0.2) is 48.5 Å². The van der Waals surface area contributed by atoms with Crippen LogP contribution in [0, 0.1) is 0 Å². The Labute approximate surface area is 170 Å². The minimum Gasteiger partial charge on any atom is -0.481 e. The lowest BCUT2D eigenvalue weighted by Gasteiger charge is -2.29. The van der Waals surface area contributed by atoms with E-state index in [2.05, 4.69) is 5.32 Å². The van der Waals surface area contributed by atoms with Gasteiger partial charge >= 0.3 is 0 Å². The third-order valence-electron chi connectivity index (χ3n) is 4.66. The largest absolute Gasteiger partial charge is 0.481 e. The van der Waals surface area contributed by atoms with Crippen molar-refractivity contribution in [3.05, 3.63) is 64.1 Å². The van der Waals surface area contributed by atoms with E-state index in [0.29, 0.717) is 34.9 Å². The molecule has 1 N–H and O–H groups in total. The van der Waals surface area contributed by atoms with Gasteiger partial charge in [0.1, 0.15) is 5.75 Å². The Morgan fingerprint density at radius 2 is 2.00 bits per heavy atom. The van der Waals surface area contributed by atoms with Crippen molar-refractivity contribution in [2.24, 2.45) is 0 Å². The Morgan fingerprint density at radius 3 is 2.67 bits per heavy atom. The molecule has 1 heterocycles. The molecule has 2 aromatic carbocycles. The molecule has 1 aliphatic rings. The molecular formula is C21H24Cl2N2O2. The number of nitrogens with one attached hydrogen (secondary N) is 1. The van der Waals surface area contributed by atoms with Gasteiger partial charge in [-0.2, -0.15) is 0 Å². The molecule has 1 aliphatic heterocycles. The molecule has 2 aromatic rings. The highest BCUT2D eigenvalue weighted by molar-refractivity contribution is 6.30. The molecule has 6 heteroatoms. The molecule has 0 bridgehead atoms. The molecule has 0 aromatic heterocycles. The van der Waals surface area contributed by atoms with Crippen LogP contribution in [0.3, 0.4) is 0 Å². The Kier molecular flexibility index (Phi) is 7.00. The highest BCUT2D eigenvalue weighted by atomic mass is 35.5. The molecule has 2 unspecified atom stereocenters. The molecule has 3 rings (SSSR count). The summed E-state index contributed by atoms with van der Waals surface area (Å²) in [4.78, 5) is 15.0. The number of ether oxygens (including phenoxy) is 1. The van der Waals surface area contributed by atoms with Crippen LogP contribution in [-0.4, -0.2) is 36.0 Å². The maximum Gasteiger partial charge on any atom is 0.263 e. The number of benzene rings is 2. The molecule has 27 heavy (non-hydrogen) atoms. The van der Waals surface area contributed by atoms with Crippen LogP contribution in [-0.2, 0) is 11.3 Å². The SMILES string of the molecule is CC(Oc1cccc(Cl)c1)C(=O)N(Cc1ccc(Cl)cc1)CC1CCCN1. The Hall–Kier alpha value is -1.75. The summed E-state index contributed by atoms with van der Waals surface area (Å²) in [5, 5.41) is 4.73. The molecule has 0 radical (unpaired) electrons. The van der Waals surface area contributed by atoms with Crippen molar-refractivity contribution in [1.82, 2.24) is 10.2 Å². The molecular weight excluding hydrogens is 383 g/mol. The van der Waals surface area contributed by atoms with Gasteiger partial charge in [-0.05, 0) is 62.2 Å². The molecule has 1 saturated heterocycles. The van der Waals surface area contributed by atoms with E-state index in [9.17, 15) is 4.79 Å². The smallest absolute Gasteiger partial charge is 0.263 e. The Morgan fingerprint density at radius 1 is 1.22 bits per heavy atom. The molecule has 1 fully saturated rings. The zero-order chi connectivity index (χ0) is 19.2. The van der Waals surface area contributed by atoms with Gasteiger partial charge in [-0.15, -0.1) is 0 Å². The standard InChI is InChI=1S/C21H24Cl2N2O2/c1-15(27-20-6-2-4-18(23)12-20)21(26)25(14-19-5-3-11-24-19)13-16-7-9-17(22)10-8-16/h2,4,6-10,12,15,19,24H,3,5,11,13-14H2,1H3. The zero-order valence-electron chi connectivity index (χ0n) is 15.3. The summed E-state index contributed by atoms with van der Waals surface area (Å²) in [5.41, 5.74) is 1.04. The maximum absolute atomic E-state index is 13.1. The Bertz CT molecular complexity index is 761. The molecule has 1 amide bonds. The third kappa shape index (κ3) is 5.86. The minimum atomic E-state index is -0.600. The molecule has 0 spiro atoms. The second-order valence-corrected chi connectivity index (χ2v) is 7.73. The number of hydrogen-bond donors (Lipinski definition) is 1. The summed E-state index contributed by atoms with van der Waals surface area (Å²) >= 11 is 12.0. The summed E-state index contributed by atoms with van der Waals surface area (Å²) < 4.78 is 5.84. The number of amides is 1. The predicted octanol–water partition coefficient (Wildman–Crippen LogP) is 4.54. The van der Waals surface area contributed by atoms with Crippen molar-refractivity contribution in [3.8, 4) is 5.75 Å².